The first-order valence-corrected chi connectivity index (χ1v) is 4.73. The van der Waals surface area contributed by atoms with E-state index in [0.717, 1.165) is 6.54 Å². The highest BCUT2D eigenvalue weighted by atomic mass is 15.1. The first kappa shape index (κ1) is 10.5. The second kappa shape index (κ2) is 5.22. The topological polar surface area (TPSA) is 16.1 Å². The Balaban J connectivity index is 3.01. The standard InChI is InChI=1S/C12H16N2/c1-4-6-12(14(3)5-2)11-7-9-13-10-8-11/h4,6-10H,1,5H2,2-3H3/b12-6-. The molecule has 74 valence electrons. The molecule has 14 heavy (non-hydrogen) atoms. The third-order valence-corrected chi connectivity index (χ3v) is 2.14. The van der Waals surface area contributed by atoms with E-state index in [-0.39, 0.29) is 0 Å². The Kier molecular flexibility index (Phi) is 3.92. The van der Waals surface area contributed by atoms with Crippen LogP contribution in [-0.2, 0) is 0 Å². The molecule has 1 aromatic rings. The van der Waals surface area contributed by atoms with Crippen LogP contribution in [0.3, 0.4) is 0 Å². The number of rotatable bonds is 4. The van der Waals surface area contributed by atoms with Crippen LogP contribution in [0.2, 0.25) is 0 Å². The van der Waals surface area contributed by atoms with E-state index in [1.54, 1.807) is 12.4 Å². The van der Waals surface area contributed by atoms with Crippen molar-refractivity contribution >= 4 is 5.70 Å². The molecule has 0 bridgehead atoms. The molecule has 0 N–H and O–H groups in total. The second-order valence-electron chi connectivity index (χ2n) is 3.04. The zero-order chi connectivity index (χ0) is 10.4. The number of hydrogen-bond donors (Lipinski definition) is 0. The van der Waals surface area contributed by atoms with Crippen LogP contribution in [0.4, 0.5) is 0 Å². The molecule has 0 aliphatic rings. The fraction of sp³-hybridized carbons (Fsp3) is 0.250. The van der Waals surface area contributed by atoms with E-state index in [1.807, 2.05) is 24.3 Å². The van der Waals surface area contributed by atoms with Crippen molar-refractivity contribution in [2.45, 2.75) is 6.92 Å². The molecule has 2 nitrogen and oxygen atoms in total. The van der Waals surface area contributed by atoms with Crippen LogP contribution in [0.5, 0.6) is 0 Å². The average molecular weight is 188 g/mol. The molecule has 0 aliphatic carbocycles. The van der Waals surface area contributed by atoms with Crippen molar-refractivity contribution in [1.29, 1.82) is 0 Å². The van der Waals surface area contributed by atoms with Gasteiger partial charge in [0.15, 0.2) is 0 Å². The number of allylic oxidation sites excluding steroid dienone is 2. The summed E-state index contributed by atoms with van der Waals surface area (Å²) in [7, 11) is 2.07. The summed E-state index contributed by atoms with van der Waals surface area (Å²) in [4.78, 5) is 6.18. The maximum atomic E-state index is 4.00. The van der Waals surface area contributed by atoms with E-state index >= 15 is 0 Å². The molecule has 0 fully saturated rings. The highest BCUT2D eigenvalue weighted by Gasteiger charge is 2.03. The van der Waals surface area contributed by atoms with Crippen molar-refractivity contribution in [2.24, 2.45) is 0 Å². The summed E-state index contributed by atoms with van der Waals surface area (Å²) in [5.74, 6) is 0. The first-order chi connectivity index (χ1) is 6.79. The van der Waals surface area contributed by atoms with Gasteiger partial charge in [0.25, 0.3) is 0 Å². The smallest absolute Gasteiger partial charge is 0.0438 e. The predicted octanol–water partition coefficient (Wildman–Crippen LogP) is 2.56. The summed E-state index contributed by atoms with van der Waals surface area (Å²) in [5.41, 5.74) is 2.34. The van der Waals surface area contributed by atoms with Gasteiger partial charge in [-0.1, -0.05) is 12.7 Å². The van der Waals surface area contributed by atoms with E-state index < -0.39 is 0 Å². The molecule has 0 saturated carbocycles. The minimum absolute atomic E-state index is 0.974. The molecule has 0 unspecified atom stereocenters. The summed E-state index contributed by atoms with van der Waals surface area (Å²) in [6, 6.07) is 4.00. The minimum Gasteiger partial charge on any atom is -0.374 e. The van der Waals surface area contributed by atoms with Gasteiger partial charge in [0, 0.05) is 37.2 Å². The normalized spacial score (nSPS) is 11.1. The highest BCUT2D eigenvalue weighted by molar-refractivity contribution is 5.64. The van der Waals surface area contributed by atoms with Gasteiger partial charge in [0.05, 0.1) is 0 Å². The molecular weight excluding hydrogens is 172 g/mol. The van der Waals surface area contributed by atoms with Gasteiger partial charge in [0.2, 0.25) is 0 Å². The third kappa shape index (κ3) is 2.46. The van der Waals surface area contributed by atoms with Gasteiger partial charge >= 0.3 is 0 Å². The lowest BCUT2D eigenvalue weighted by Gasteiger charge is -2.20. The molecule has 1 aromatic heterocycles. The lowest BCUT2D eigenvalue weighted by atomic mass is 10.1. The largest absolute Gasteiger partial charge is 0.374 e. The summed E-state index contributed by atoms with van der Waals surface area (Å²) in [5, 5.41) is 0. The molecule has 0 amide bonds. The number of nitrogens with zero attached hydrogens (tertiary/aromatic N) is 2. The Morgan fingerprint density at radius 2 is 2.14 bits per heavy atom. The third-order valence-electron chi connectivity index (χ3n) is 2.14. The number of aromatic nitrogens is 1. The fourth-order valence-electron chi connectivity index (χ4n) is 1.25. The van der Waals surface area contributed by atoms with E-state index in [4.69, 9.17) is 0 Å². The summed E-state index contributed by atoms with van der Waals surface area (Å²) < 4.78 is 0. The summed E-state index contributed by atoms with van der Waals surface area (Å²) >= 11 is 0. The molecule has 0 radical (unpaired) electrons. The molecular formula is C12H16N2. The van der Waals surface area contributed by atoms with Crippen molar-refractivity contribution in [2.75, 3.05) is 13.6 Å². The van der Waals surface area contributed by atoms with Crippen LogP contribution in [0.25, 0.3) is 5.70 Å². The lowest BCUT2D eigenvalue weighted by molar-refractivity contribution is 0.509. The molecule has 0 saturated heterocycles. The molecule has 1 rings (SSSR count). The number of hydrogen-bond acceptors (Lipinski definition) is 2. The molecule has 1 heterocycles. The van der Waals surface area contributed by atoms with E-state index in [9.17, 15) is 0 Å². The quantitative estimate of drug-likeness (QED) is 0.675. The molecule has 0 aromatic carbocycles. The van der Waals surface area contributed by atoms with Crippen molar-refractivity contribution in [3.05, 3.63) is 48.8 Å². The van der Waals surface area contributed by atoms with E-state index in [0.29, 0.717) is 0 Å². The number of pyridine rings is 1. The van der Waals surface area contributed by atoms with Crippen LogP contribution >= 0.6 is 0 Å². The van der Waals surface area contributed by atoms with Crippen molar-refractivity contribution in [3.63, 3.8) is 0 Å². The van der Waals surface area contributed by atoms with Gasteiger partial charge in [-0.15, -0.1) is 0 Å². The van der Waals surface area contributed by atoms with Crippen LogP contribution in [-0.4, -0.2) is 23.5 Å². The Morgan fingerprint density at radius 3 is 2.64 bits per heavy atom. The monoisotopic (exact) mass is 188 g/mol. The van der Waals surface area contributed by atoms with Crippen molar-refractivity contribution < 1.29 is 0 Å². The minimum atomic E-state index is 0.974. The Morgan fingerprint density at radius 1 is 1.50 bits per heavy atom. The molecule has 2 heteroatoms. The Labute approximate surface area is 85.6 Å². The van der Waals surface area contributed by atoms with Gasteiger partial charge < -0.3 is 4.90 Å². The van der Waals surface area contributed by atoms with E-state index in [1.165, 1.54) is 11.3 Å². The van der Waals surface area contributed by atoms with Crippen molar-refractivity contribution in [1.82, 2.24) is 9.88 Å². The lowest BCUT2D eigenvalue weighted by Crippen LogP contribution is -2.15. The zero-order valence-electron chi connectivity index (χ0n) is 8.77. The Bertz CT molecular complexity index is 314. The first-order valence-electron chi connectivity index (χ1n) is 4.73. The van der Waals surface area contributed by atoms with E-state index in [2.05, 4.69) is 30.4 Å². The van der Waals surface area contributed by atoms with Crippen LogP contribution in [0.15, 0.2) is 43.3 Å². The van der Waals surface area contributed by atoms with Crippen LogP contribution < -0.4 is 0 Å². The summed E-state index contributed by atoms with van der Waals surface area (Å²) in [6.45, 7) is 6.82. The highest BCUT2D eigenvalue weighted by Crippen LogP contribution is 2.16. The SMILES string of the molecule is C=C/C=C(/c1ccncc1)N(C)CC. The van der Waals surface area contributed by atoms with Gasteiger partial charge in [-0.3, -0.25) is 4.98 Å². The average Bonchev–Trinajstić information content (AvgIpc) is 2.26. The van der Waals surface area contributed by atoms with Crippen LogP contribution in [0.1, 0.15) is 12.5 Å². The van der Waals surface area contributed by atoms with Gasteiger partial charge in [-0.25, -0.2) is 0 Å². The zero-order valence-corrected chi connectivity index (χ0v) is 8.77. The second-order valence-corrected chi connectivity index (χ2v) is 3.04. The van der Waals surface area contributed by atoms with Gasteiger partial charge in [-0.2, -0.15) is 0 Å². The van der Waals surface area contributed by atoms with Gasteiger partial charge in [0.1, 0.15) is 0 Å². The van der Waals surface area contributed by atoms with Gasteiger partial charge in [-0.05, 0) is 25.1 Å². The fourth-order valence-corrected chi connectivity index (χ4v) is 1.25. The molecule has 0 atom stereocenters. The molecule has 0 aliphatic heterocycles. The predicted molar refractivity (Wildman–Crippen MR) is 60.7 cm³/mol. The summed E-state index contributed by atoms with van der Waals surface area (Å²) in [6.07, 6.45) is 7.42. The maximum absolute atomic E-state index is 4.00. The van der Waals surface area contributed by atoms with Crippen LogP contribution in [0, 0.1) is 0 Å². The Hall–Kier alpha value is -1.57. The van der Waals surface area contributed by atoms with Crippen molar-refractivity contribution in [3.8, 4) is 0 Å². The molecule has 0 spiro atoms. The maximum Gasteiger partial charge on any atom is 0.0438 e.